The van der Waals surface area contributed by atoms with E-state index >= 15 is 0 Å². The van der Waals surface area contributed by atoms with E-state index < -0.39 is 18.0 Å². The molecule has 0 N–H and O–H groups in total. The van der Waals surface area contributed by atoms with E-state index in [-0.39, 0.29) is 16.9 Å². The zero-order valence-electron chi connectivity index (χ0n) is 12.7. The molecule has 24 heavy (non-hydrogen) atoms. The molecule has 3 aromatic rings. The Morgan fingerprint density at radius 3 is 2.62 bits per heavy atom. The van der Waals surface area contributed by atoms with Crippen LogP contribution in [0, 0.1) is 0 Å². The standard InChI is InChI=1S/C18H13ClO5/c1-22-15(20)10-23-18-16(21)13-9-12(19)7-8-14(13)24-17(18)11-5-3-2-4-6-11/h2-9H,10H2,1H3. The molecule has 5 nitrogen and oxygen atoms in total. The van der Waals surface area contributed by atoms with Crippen molar-refractivity contribution in [2.45, 2.75) is 0 Å². The second-order valence-electron chi connectivity index (χ2n) is 4.96. The lowest BCUT2D eigenvalue weighted by Crippen LogP contribution is -2.17. The third-order valence-corrected chi connectivity index (χ3v) is 3.64. The summed E-state index contributed by atoms with van der Waals surface area (Å²) in [6.07, 6.45) is 0. The Bertz CT molecular complexity index is 947. The molecule has 0 amide bonds. The summed E-state index contributed by atoms with van der Waals surface area (Å²) >= 11 is 5.95. The van der Waals surface area contributed by atoms with Crippen LogP contribution in [0.1, 0.15) is 0 Å². The van der Waals surface area contributed by atoms with Gasteiger partial charge in [-0.05, 0) is 18.2 Å². The molecule has 0 fully saturated rings. The van der Waals surface area contributed by atoms with Gasteiger partial charge in [0.15, 0.2) is 12.4 Å². The van der Waals surface area contributed by atoms with Gasteiger partial charge in [0.1, 0.15) is 5.58 Å². The Balaban J connectivity index is 2.22. The van der Waals surface area contributed by atoms with E-state index in [9.17, 15) is 9.59 Å². The first-order valence-electron chi connectivity index (χ1n) is 7.11. The van der Waals surface area contributed by atoms with E-state index in [0.717, 1.165) is 0 Å². The highest BCUT2D eigenvalue weighted by molar-refractivity contribution is 6.31. The quantitative estimate of drug-likeness (QED) is 0.676. The lowest BCUT2D eigenvalue weighted by atomic mass is 10.1. The second kappa shape index (κ2) is 6.76. The maximum atomic E-state index is 12.8. The zero-order chi connectivity index (χ0) is 17.1. The van der Waals surface area contributed by atoms with E-state index in [1.807, 2.05) is 18.2 Å². The molecule has 0 bridgehead atoms. The minimum Gasteiger partial charge on any atom is -0.474 e. The fourth-order valence-corrected chi connectivity index (χ4v) is 2.42. The Hall–Kier alpha value is -2.79. The highest BCUT2D eigenvalue weighted by Gasteiger charge is 2.19. The van der Waals surface area contributed by atoms with Crippen molar-refractivity contribution in [3.8, 4) is 17.1 Å². The molecule has 0 radical (unpaired) electrons. The minimum atomic E-state index is -0.598. The van der Waals surface area contributed by atoms with E-state index in [2.05, 4.69) is 4.74 Å². The number of methoxy groups -OCH3 is 1. The van der Waals surface area contributed by atoms with Crippen LogP contribution < -0.4 is 10.2 Å². The van der Waals surface area contributed by atoms with Gasteiger partial charge in [0, 0.05) is 10.6 Å². The van der Waals surface area contributed by atoms with Crippen molar-refractivity contribution in [3.63, 3.8) is 0 Å². The van der Waals surface area contributed by atoms with Gasteiger partial charge in [0.05, 0.1) is 12.5 Å². The number of carbonyl (C=O) groups is 1. The summed E-state index contributed by atoms with van der Waals surface area (Å²) in [5, 5.41) is 0.684. The number of esters is 1. The van der Waals surface area contributed by atoms with E-state index in [1.54, 1.807) is 24.3 Å². The van der Waals surface area contributed by atoms with Crippen LogP contribution in [0.2, 0.25) is 5.02 Å². The maximum Gasteiger partial charge on any atom is 0.343 e. The minimum absolute atomic E-state index is 0.0543. The van der Waals surface area contributed by atoms with Crippen LogP contribution in [0.4, 0.5) is 0 Å². The lowest BCUT2D eigenvalue weighted by molar-refractivity contribution is -0.142. The van der Waals surface area contributed by atoms with Gasteiger partial charge in [-0.1, -0.05) is 41.9 Å². The number of ether oxygens (including phenoxy) is 2. The smallest absolute Gasteiger partial charge is 0.343 e. The molecule has 0 aliphatic heterocycles. The van der Waals surface area contributed by atoms with Crippen LogP contribution in [-0.4, -0.2) is 19.7 Å². The summed E-state index contributed by atoms with van der Waals surface area (Å²) in [6.45, 7) is -0.396. The first-order chi connectivity index (χ1) is 11.6. The second-order valence-corrected chi connectivity index (χ2v) is 5.40. The number of benzene rings is 2. The highest BCUT2D eigenvalue weighted by atomic mass is 35.5. The summed E-state index contributed by atoms with van der Waals surface area (Å²) < 4.78 is 15.8. The normalized spacial score (nSPS) is 10.6. The summed E-state index contributed by atoms with van der Waals surface area (Å²) in [7, 11) is 1.24. The van der Waals surface area contributed by atoms with Crippen molar-refractivity contribution in [1.29, 1.82) is 0 Å². The Morgan fingerprint density at radius 1 is 1.17 bits per heavy atom. The summed E-state index contributed by atoms with van der Waals surface area (Å²) in [5.41, 5.74) is 0.640. The van der Waals surface area contributed by atoms with Gasteiger partial charge < -0.3 is 13.9 Å². The van der Waals surface area contributed by atoms with Gasteiger partial charge in [-0.25, -0.2) is 4.79 Å². The lowest BCUT2D eigenvalue weighted by Gasteiger charge is -2.11. The van der Waals surface area contributed by atoms with Gasteiger partial charge in [-0.2, -0.15) is 0 Å². The van der Waals surface area contributed by atoms with Crippen molar-refractivity contribution in [3.05, 3.63) is 63.8 Å². The molecule has 0 saturated carbocycles. The molecule has 0 spiro atoms. The predicted molar refractivity (Wildman–Crippen MR) is 90.4 cm³/mol. The molecule has 122 valence electrons. The van der Waals surface area contributed by atoms with Crippen LogP contribution >= 0.6 is 11.6 Å². The highest BCUT2D eigenvalue weighted by Crippen LogP contribution is 2.31. The van der Waals surface area contributed by atoms with Gasteiger partial charge in [-0.15, -0.1) is 0 Å². The number of halogens is 1. The number of carbonyl (C=O) groups excluding carboxylic acids is 1. The zero-order valence-corrected chi connectivity index (χ0v) is 13.5. The van der Waals surface area contributed by atoms with Crippen LogP contribution in [-0.2, 0) is 9.53 Å². The van der Waals surface area contributed by atoms with Crippen LogP contribution in [0.25, 0.3) is 22.3 Å². The maximum absolute atomic E-state index is 12.8. The Labute approximate surface area is 142 Å². The third-order valence-electron chi connectivity index (χ3n) is 3.41. The monoisotopic (exact) mass is 344 g/mol. The fraction of sp³-hybridized carbons (Fsp3) is 0.111. The number of fused-ring (bicyclic) bond motifs is 1. The first-order valence-corrected chi connectivity index (χ1v) is 7.49. The number of hydrogen-bond acceptors (Lipinski definition) is 5. The third kappa shape index (κ3) is 3.12. The summed E-state index contributed by atoms with van der Waals surface area (Å²) in [5.74, 6) is -0.403. The van der Waals surface area contributed by atoms with Crippen LogP contribution in [0.3, 0.4) is 0 Å². The van der Waals surface area contributed by atoms with Crippen molar-refractivity contribution in [2.75, 3.05) is 13.7 Å². The molecule has 0 unspecified atom stereocenters. The van der Waals surface area contributed by atoms with E-state index in [0.29, 0.717) is 16.2 Å². The largest absolute Gasteiger partial charge is 0.474 e. The Kier molecular flexibility index (Phi) is 4.53. The average molecular weight is 345 g/mol. The average Bonchev–Trinajstić information content (AvgIpc) is 2.61. The van der Waals surface area contributed by atoms with Crippen molar-refractivity contribution >= 4 is 28.5 Å². The number of hydrogen-bond donors (Lipinski definition) is 0. The molecule has 3 rings (SSSR count). The molecule has 0 aliphatic rings. The molecular formula is C18H13ClO5. The topological polar surface area (TPSA) is 65.7 Å². The SMILES string of the molecule is COC(=O)COc1c(-c2ccccc2)oc2ccc(Cl)cc2c1=O. The molecular weight excluding hydrogens is 332 g/mol. The molecule has 0 saturated heterocycles. The summed E-state index contributed by atoms with van der Waals surface area (Å²) in [4.78, 5) is 24.1. The van der Waals surface area contributed by atoms with Crippen molar-refractivity contribution in [1.82, 2.24) is 0 Å². The fourth-order valence-electron chi connectivity index (χ4n) is 2.25. The molecule has 0 aliphatic carbocycles. The number of rotatable bonds is 4. The van der Waals surface area contributed by atoms with E-state index in [4.69, 9.17) is 20.8 Å². The predicted octanol–water partition coefficient (Wildman–Crippen LogP) is 3.67. The molecule has 2 aromatic carbocycles. The summed E-state index contributed by atoms with van der Waals surface area (Å²) in [6, 6.07) is 13.8. The molecule has 6 heteroatoms. The Morgan fingerprint density at radius 2 is 1.92 bits per heavy atom. The van der Waals surface area contributed by atoms with Crippen LogP contribution in [0.15, 0.2) is 57.7 Å². The first kappa shape index (κ1) is 16.1. The van der Waals surface area contributed by atoms with Crippen molar-refractivity contribution in [2.24, 2.45) is 0 Å². The van der Waals surface area contributed by atoms with Crippen molar-refractivity contribution < 1.29 is 18.7 Å². The van der Waals surface area contributed by atoms with Gasteiger partial charge in [0.25, 0.3) is 0 Å². The molecule has 1 heterocycles. The molecule has 1 aromatic heterocycles. The van der Waals surface area contributed by atoms with Gasteiger partial charge in [0.2, 0.25) is 11.2 Å². The van der Waals surface area contributed by atoms with Gasteiger partial charge >= 0.3 is 5.97 Å². The van der Waals surface area contributed by atoms with Gasteiger partial charge in [-0.3, -0.25) is 4.79 Å². The van der Waals surface area contributed by atoms with E-state index in [1.165, 1.54) is 13.2 Å². The molecule has 0 atom stereocenters. The van der Waals surface area contributed by atoms with Crippen LogP contribution in [0.5, 0.6) is 5.75 Å².